The van der Waals surface area contributed by atoms with E-state index in [1.54, 1.807) is 0 Å². The lowest BCUT2D eigenvalue weighted by molar-refractivity contribution is 0.811. The van der Waals surface area contributed by atoms with Gasteiger partial charge in [-0.25, -0.2) is 0 Å². The van der Waals surface area contributed by atoms with Crippen LogP contribution in [0.5, 0.6) is 0 Å². The summed E-state index contributed by atoms with van der Waals surface area (Å²) in [6, 6.07) is 25.6. The zero-order valence-corrected chi connectivity index (χ0v) is 18.0. The summed E-state index contributed by atoms with van der Waals surface area (Å²) in [5, 5.41) is 0. The van der Waals surface area contributed by atoms with Gasteiger partial charge in [-0.3, -0.25) is 0 Å². The molecule has 3 aromatic carbocycles. The summed E-state index contributed by atoms with van der Waals surface area (Å²) in [6.45, 7) is 12.7. The fourth-order valence-electron chi connectivity index (χ4n) is 3.25. The molecule has 0 aliphatic rings. The van der Waals surface area contributed by atoms with E-state index < -0.39 is 0 Å². The number of aryl methyl sites for hydroxylation is 5. The van der Waals surface area contributed by atoms with Crippen LogP contribution in [0.2, 0.25) is 0 Å². The van der Waals surface area contributed by atoms with E-state index in [1.807, 2.05) is 32.0 Å². The van der Waals surface area contributed by atoms with E-state index >= 15 is 0 Å². The van der Waals surface area contributed by atoms with Crippen molar-refractivity contribution in [1.29, 1.82) is 0 Å². The largest absolute Gasteiger partial charge is 0.0683 e. The summed E-state index contributed by atoms with van der Waals surface area (Å²) in [7, 11) is 0. The van der Waals surface area contributed by atoms with Crippen LogP contribution in [0.3, 0.4) is 0 Å². The minimum atomic E-state index is 1.17. The molecule has 0 unspecified atom stereocenters. The standard InChI is InChI=1S/C18H22.C7H8.C2H6/c1-14-12-15(2)18(16(3)13-14)11-7-10-17-8-5-4-6-9-17;1-7-5-3-2-4-6-7;1-2/h4-6,8-9,12-13H,7,10-11H2,1-3H3;2-6H,1H3;1-2H3. The molecule has 0 nitrogen and oxygen atoms in total. The molecule has 0 saturated carbocycles. The Bertz CT molecular complexity index is 732. The molecule has 0 radical (unpaired) electrons. The van der Waals surface area contributed by atoms with Crippen LogP contribution in [-0.2, 0) is 12.8 Å². The van der Waals surface area contributed by atoms with E-state index in [9.17, 15) is 0 Å². The van der Waals surface area contributed by atoms with Crippen LogP contribution in [0.4, 0.5) is 0 Å². The maximum Gasteiger partial charge on any atom is -0.0270 e. The Hall–Kier alpha value is -2.34. The first-order valence-corrected chi connectivity index (χ1v) is 10.2. The average Bonchev–Trinajstić information content (AvgIpc) is 2.67. The highest BCUT2D eigenvalue weighted by molar-refractivity contribution is 5.37. The molecular weight excluding hydrogens is 324 g/mol. The van der Waals surface area contributed by atoms with Crippen LogP contribution in [0.15, 0.2) is 72.8 Å². The first-order valence-electron chi connectivity index (χ1n) is 10.2. The summed E-state index contributed by atoms with van der Waals surface area (Å²) in [5.41, 5.74) is 8.57. The molecule has 0 N–H and O–H groups in total. The van der Waals surface area contributed by atoms with Crippen LogP contribution in [0, 0.1) is 27.7 Å². The van der Waals surface area contributed by atoms with E-state index in [1.165, 1.54) is 52.6 Å². The minimum absolute atomic E-state index is 1.17. The van der Waals surface area contributed by atoms with E-state index in [2.05, 4.69) is 82.3 Å². The molecule has 0 saturated heterocycles. The van der Waals surface area contributed by atoms with Gasteiger partial charge in [0.25, 0.3) is 0 Å². The third kappa shape index (κ3) is 8.73. The van der Waals surface area contributed by atoms with Crippen LogP contribution >= 0.6 is 0 Å². The van der Waals surface area contributed by atoms with Crippen LogP contribution < -0.4 is 0 Å². The molecule has 0 aromatic heterocycles. The molecule has 0 spiro atoms. The number of rotatable bonds is 4. The van der Waals surface area contributed by atoms with E-state index in [4.69, 9.17) is 0 Å². The van der Waals surface area contributed by atoms with Gasteiger partial charge in [-0.05, 0) is 69.2 Å². The summed E-state index contributed by atoms with van der Waals surface area (Å²) in [4.78, 5) is 0. The van der Waals surface area contributed by atoms with Crippen molar-refractivity contribution in [3.8, 4) is 0 Å². The van der Waals surface area contributed by atoms with Gasteiger partial charge >= 0.3 is 0 Å². The van der Waals surface area contributed by atoms with Gasteiger partial charge in [-0.15, -0.1) is 0 Å². The zero-order valence-electron chi connectivity index (χ0n) is 18.0. The molecule has 27 heavy (non-hydrogen) atoms. The van der Waals surface area contributed by atoms with Crippen molar-refractivity contribution in [3.05, 3.63) is 106 Å². The van der Waals surface area contributed by atoms with Gasteiger partial charge in [-0.2, -0.15) is 0 Å². The second-order valence-electron chi connectivity index (χ2n) is 6.87. The van der Waals surface area contributed by atoms with Crippen LogP contribution in [0.25, 0.3) is 0 Å². The summed E-state index contributed by atoms with van der Waals surface area (Å²) >= 11 is 0. The van der Waals surface area contributed by atoms with Crippen molar-refractivity contribution in [2.24, 2.45) is 0 Å². The third-order valence-corrected chi connectivity index (χ3v) is 4.52. The molecule has 3 rings (SSSR count). The number of benzene rings is 3. The fourth-order valence-corrected chi connectivity index (χ4v) is 3.25. The first kappa shape index (κ1) is 22.7. The Morgan fingerprint density at radius 3 is 1.48 bits per heavy atom. The monoisotopic (exact) mass is 360 g/mol. The second-order valence-corrected chi connectivity index (χ2v) is 6.87. The average molecular weight is 361 g/mol. The Kier molecular flexibility index (Phi) is 10.9. The normalized spacial score (nSPS) is 9.56. The molecule has 0 heterocycles. The maximum absolute atomic E-state index is 2.30. The maximum atomic E-state index is 2.30. The fraction of sp³-hybridized carbons (Fsp3) is 0.333. The highest BCUT2D eigenvalue weighted by atomic mass is 14.1. The van der Waals surface area contributed by atoms with Crippen molar-refractivity contribution < 1.29 is 0 Å². The summed E-state index contributed by atoms with van der Waals surface area (Å²) in [6.07, 6.45) is 3.59. The quantitative estimate of drug-likeness (QED) is 0.445. The lowest BCUT2D eigenvalue weighted by atomic mass is 9.95. The van der Waals surface area contributed by atoms with Crippen LogP contribution in [-0.4, -0.2) is 0 Å². The lowest BCUT2D eigenvalue weighted by Gasteiger charge is -2.11. The summed E-state index contributed by atoms with van der Waals surface area (Å²) in [5.74, 6) is 0. The smallest absolute Gasteiger partial charge is 0.0270 e. The molecule has 0 aliphatic carbocycles. The Labute approximate surface area is 167 Å². The van der Waals surface area contributed by atoms with Gasteiger partial charge in [0.05, 0.1) is 0 Å². The van der Waals surface area contributed by atoms with E-state index in [0.717, 1.165) is 0 Å². The van der Waals surface area contributed by atoms with Crippen LogP contribution in [0.1, 0.15) is 53.6 Å². The lowest BCUT2D eigenvalue weighted by Crippen LogP contribution is -1.97. The van der Waals surface area contributed by atoms with Crippen molar-refractivity contribution in [1.82, 2.24) is 0 Å². The van der Waals surface area contributed by atoms with Gasteiger partial charge in [0, 0.05) is 0 Å². The first-order chi connectivity index (χ1) is 13.1. The van der Waals surface area contributed by atoms with Crippen molar-refractivity contribution in [2.45, 2.75) is 60.8 Å². The molecule has 0 bridgehead atoms. The zero-order chi connectivity index (χ0) is 20.1. The molecule has 3 aromatic rings. The Morgan fingerprint density at radius 2 is 1.04 bits per heavy atom. The van der Waals surface area contributed by atoms with Crippen molar-refractivity contribution in [2.75, 3.05) is 0 Å². The molecule has 0 atom stereocenters. The third-order valence-electron chi connectivity index (χ3n) is 4.52. The molecular formula is C27H36. The molecule has 0 aliphatic heterocycles. The van der Waals surface area contributed by atoms with Gasteiger partial charge in [0.2, 0.25) is 0 Å². The molecule has 0 fully saturated rings. The molecule has 0 amide bonds. The SMILES string of the molecule is CC.Cc1cc(C)c(CCCc2ccccc2)c(C)c1.Cc1ccccc1. The number of hydrogen-bond donors (Lipinski definition) is 0. The van der Waals surface area contributed by atoms with Gasteiger partial charge in [0.1, 0.15) is 0 Å². The highest BCUT2D eigenvalue weighted by Gasteiger charge is 2.03. The topological polar surface area (TPSA) is 0 Å². The predicted octanol–water partition coefficient (Wildman–Crippen LogP) is 7.81. The summed E-state index contributed by atoms with van der Waals surface area (Å²) < 4.78 is 0. The molecule has 0 heteroatoms. The Morgan fingerprint density at radius 1 is 0.556 bits per heavy atom. The van der Waals surface area contributed by atoms with Crippen molar-refractivity contribution in [3.63, 3.8) is 0 Å². The van der Waals surface area contributed by atoms with Gasteiger partial charge in [0.15, 0.2) is 0 Å². The Balaban J connectivity index is 0.000000338. The van der Waals surface area contributed by atoms with E-state index in [0.29, 0.717) is 0 Å². The highest BCUT2D eigenvalue weighted by Crippen LogP contribution is 2.19. The predicted molar refractivity (Wildman–Crippen MR) is 122 cm³/mol. The molecule has 144 valence electrons. The van der Waals surface area contributed by atoms with E-state index in [-0.39, 0.29) is 0 Å². The second kappa shape index (κ2) is 12.9. The number of hydrogen-bond acceptors (Lipinski definition) is 0. The van der Waals surface area contributed by atoms with Crippen molar-refractivity contribution >= 4 is 0 Å². The minimum Gasteiger partial charge on any atom is -0.0683 e. The van der Waals surface area contributed by atoms with Gasteiger partial charge < -0.3 is 0 Å². The van der Waals surface area contributed by atoms with Gasteiger partial charge in [-0.1, -0.05) is 97.8 Å².